The fourth-order valence-corrected chi connectivity index (χ4v) is 12.3. The zero-order valence-corrected chi connectivity index (χ0v) is 53.4. The topological polar surface area (TPSA) is 228 Å². The van der Waals surface area contributed by atoms with Crippen molar-refractivity contribution < 1.29 is 27.1 Å². The number of nitrogens with two attached hydrogens (primary N) is 3. The highest BCUT2D eigenvalue weighted by molar-refractivity contribution is 5.85. The lowest BCUT2D eigenvalue weighted by Gasteiger charge is -2.31. The Morgan fingerprint density at radius 1 is 0.510 bits per heavy atom. The van der Waals surface area contributed by atoms with Crippen LogP contribution in [0.25, 0.3) is 0 Å². The number of nitrogen functional groups attached to an aromatic ring is 3. The molecule has 514 valence electrons. The molecule has 0 saturated heterocycles. The van der Waals surface area contributed by atoms with Crippen molar-refractivity contribution in [3.63, 3.8) is 0 Å². The summed E-state index contributed by atoms with van der Waals surface area (Å²) in [6.07, 6.45) is -3.45. The van der Waals surface area contributed by atoms with Gasteiger partial charge in [0, 0.05) is 64.1 Å². The Morgan fingerprint density at radius 2 is 0.857 bits per heavy atom. The molecule has 0 radical (unpaired) electrons. The number of nitrogens with zero attached hydrogens (tertiary/aromatic N) is 8. The largest absolute Gasteiger partial charge is 0.444 e. The number of nitrogens with one attached hydrogen (secondary N) is 1. The van der Waals surface area contributed by atoms with E-state index in [1.807, 2.05) is 208 Å². The SMILES string of the molecule is C.C.C.CC(C)(C)OC(=O)N1CCc2nc(N)n(C(c3ccccc3)c3ccccc3)c(=O)c2C1.Cl.Nc1nc2c(c(=O)n1C(c1ccccc1)c1ccccc1)CN(Cc1ccc(C(F)(F)F)cc1F)CC2.Nc1nc2c(c(=O)n1C(c1ccccc1)c1ccccc1)CNCC2. The van der Waals surface area contributed by atoms with Gasteiger partial charge in [0.15, 0.2) is 0 Å². The fraction of sp³-hybridized carbons (Fsp3) is 0.276. The van der Waals surface area contributed by atoms with Gasteiger partial charge in [0.1, 0.15) is 11.4 Å². The van der Waals surface area contributed by atoms with Crippen LogP contribution in [-0.2, 0) is 56.4 Å². The predicted octanol–water partition coefficient (Wildman–Crippen LogP) is 13.4. The second kappa shape index (κ2) is 32.7. The van der Waals surface area contributed by atoms with Crippen molar-refractivity contribution in [2.45, 2.75) is 118 Å². The number of hydrogen-bond acceptors (Lipinski definition) is 13. The molecular weight excluding hydrogens is 1270 g/mol. The number of amides is 1. The molecule has 1 amide bonds. The molecular formula is C76H85ClF4N12O5. The number of rotatable bonds is 11. The Labute approximate surface area is 575 Å². The van der Waals surface area contributed by atoms with E-state index in [0.717, 1.165) is 69.7 Å². The van der Waals surface area contributed by atoms with Crippen molar-refractivity contribution in [2.75, 3.05) is 36.8 Å². The summed E-state index contributed by atoms with van der Waals surface area (Å²) in [4.78, 5) is 70.5. The molecule has 0 aliphatic carbocycles. The third-order valence-electron chi connectivity index (χ3n) is 16.7. The maximum absolute atomic E-state index is 14.5. The summed E-state index contributed by atoms with van der Waals surface area (Å²) in [6.45, 7) is 8.11. The van der Waals surface area contributed by atoms with Crippen molar-refractivity contribution >= 4 is 36.3 Å². The number of hydrogen-bond donors (Lipinski definition) is 4. The second-order valence-corrected chi connectivity index (χ2v) is 24.2. The summed E-state index contributed by atoms with van der Waals surface area (Å²) in [7, 11) is 0. The van der Waals surface area contributed by atoms with Gasteiger partial charge in [0.2, 0.25) is 17.8 Å². The Kier molecular flexibility index (Phi) is 25.1. The molecule has 7 aromatic carbocycles. The first kappa shape index (κ1) is 75.2. The van der Waals surface area contributed by atoms with Gasteiger partial charge in [0.05, 0.1) is 64.0 Å². The van der Waals surface area contributed by atoms with E-state index in [0.29, 0.717) is 61.1 Å². The summed E-state index contributed by atoms with van der Waals surface area (Å²) < 4.78 is 63.4. The summed E-state index contributed by atoms with van der Waals surface area (Å²) in [5.41, 5.74) is 26.1. The molecule has 98 heavy (non-hydrogen) atoms. The third kappa shape index (κ3) is 16.9. The van der Waals surface area contributed by atoms with Crippen LogP contribution in [0.2, 0.25) is 0 Å². The van der Waals surface area contributed by atoms with Crippen molar-refractivity contribution in [1.82, 2.24) is 43.8 Å². The quantitative estimate of drug-likeness (QED) is 0.0885. The third-order valence-corrected chi connectivity index (χ3v) is 16.7. The second-order valence-electron chi connectivity index (χ2n) is 24.2. The summed E-state index contributed by atoms with van der Waals surface area (Å²) >= 11 is 0. The van der Waals surface area contributed by atoms with Gasteiger partial charge in [-0.25, -0.2) is 24.1 Å². The Hall–Kier alpha value is -10.2. The molecule has 7 N–H and O–H groups in total. The zero-order valence-electron chi connectivity index (χ0n) is 52.6. The van der Waals surface area contributed by atoms with Gasteiger partial charge in [-0.3, -0.25) is 33.0 Å². The van der Waals surface area contributed by atoms with Crippen LogP contribution in [0.1, 0.15) is 139 Å². The number of fused-ring (bicyclic) bond motifs is 3. The molecule has 0 fully saturated rings. The van der Waals surface area contributed by atoms with Crippen molar-refractivity contribution in [3.05, 3.63) is 315 Å². The highest BCUT2D eigenvalue weighted by Gasteiger charge is 2.34. The van der Waals surface area contributed by atoms with Gasteiger partial charge in [-0.15, -0.1) is 12.4 Å². The molecule has 0 atom stereocenters. The molecule has 3 aliphatic heterocycles. The normalized spacial score (nSPS) is 13.3. The summed E-state index contributed by atoms with van der Waals surface area (Å²) in [5, 5.41) is 3.25. The van der Waals surface area contributed by atoms with Gasteiger partial charge in [-0.2, -0.15) is 13.2 Å². The molecule has 0 unspecified atom stereocenters. The maximum Gasteiger partial charge on any atom is 0.416 e. The van der Waals surface area contributed by atoms with Crippen LogP contribution in [0.4, 0.5) is 40.2 Å². The molecule has 3 aliphatic rings. The molecule has 0 spiro atoms. The Balaban J connectivity index is 0.000000206. The standard InChI is InChI=1S/C28H24F4N4O.C25H28N4O3.C20H20N4O.3CH4.ClH/c29-23-15-21(28(30,31)32)12-11-20(23)16-35-14-13-24-22(17-35)26(37)36(27(33)34-24)25(18-7-3-1-4-8-18)19-9-5-2-6-10-19;1-25(2,3)32-24(31)28-15-14-20-19(16-28)22(30)29(23(26)27-20)21(17-10-6-4-7-11-17)18-12-8-5-9-13-18;21-20-23-17-11-12-22-13-16(17)19(25)24(20)18(14-7-3-1-4-8-14)15-9-5-2-6-10-15;;;;/h1-12,15,25H,13-14,16-17H2,(H2,33,34);4-13,21H,14-16H2,1-3H3,(H2,26,27);1-10,18,22H,11-13H2,(H2,21,23);3*1H4;1H. The van der Waals surface area contributed by atoms with Gasteiger partial charge in [0.25, 0.3) is 16.7 Å². The monoisotopic (exact) mass is 1360 g/mol. The maximum atomic E-state index is 14.5. The van der Waals surface area contributed by atoms with Crippen LogP contribution in [0.15, 0.2) is 215 Å². The molecule has 13 rings (SSSR count). The van der Waals surface area contributed by atoms with E-state index < -0.39 is 41.3 Å². The highest BCUT2D eigenvalue weighted by Crippen LogP contribution is 2.34. The van der Waals surface area contributed by atoms with E-state index >= 15 is 0 Å². The number of ether oxygens (including phenoxy) is 1. The van der Waals surface area contributed by atoms with E-state index in [2.05, 4.69) is 20.3 Å². The molecule has 3 aromatic heterocycles. The molecule has 6 heterocycles. The molecule has 22 heteroatoms. The minimum absolute atomic E-state index is 0. The Bertz CT molecular complexity index is 4370. The average Bonchev–Trinajstić information content (AvgIpc) is 0.773. The van der Waals surface area contributed by atoms with Gasteiger partial charge < -0.3 is 32.2 Å². The number of aromatic nitrogens is 6. The number of alkyl halides is 3. The Morgan fingerprint density at radius 3 is 1.21 bits per heavy atom. The van der Waals surface area contributed by atoms with Crippen LogP contribution in [0.5, 0.6) is 0 Å². The zero-order chi connectivity index (χ0) is 66.3. The van der Waals surface area contributed by atoms with Crippen LogP contribution in [0, 0.1) is 5.82 Å². The van der Waals surface area contributed by atoms with E-state index in [1.54, 1.807) is 9.47 Å². The molecule has 10 aromatic rings. The predicted molar refractivity (Wildman–Crippen MR) is 382 cm³/mol. The van der Waals surface area contributed by atoms with Crippen molar-refractivity contribution in [2.24, 2.45) is 0 Å². The number of carbonyl (C=O) groups is 1. The van der Waals surface area contributed by atoms with E-state index in [4.69, 9.17) is 21.9 Å². The van der Waals surface area contributed by atoms with Crippen molar-refractivity contribution in [1.29, 1.82) is 0 Å². The first-order valence-electron chi connectivity index (χ1n) is 31.0. The molecule has 17 nitrogen and oxygen atoms in total. The van der Waals surface area contributed by atoms with Crippen LogP contribution in [0.3, 0.4) is 0 Å². The van der Waals surface area contributed by atoms with Gasteiger partial charge in [-0.1, -0.05) is 210 Å². The fourth-order valence-electron chi connectivity index (χ4n) is 12.3. The number of benzene rings is 7. The van der Waals surface area contributed by atoms with E-state index in [1.165, 1.54) is 9.13 Å². The first-order valence-corrected chi connectivity index (χ1v) is 31.0. The number of halogens is 5. The lowest BCUT2D eigenvalue weighted by molar-refractivity contribution is -0.137. The lowest BCUT2D eigenvalue weighted by atomic mass is 9.97. The van der Waals surface area contributed by atoms with Gasteiger partial charge in [-0.05, 0) is 66.3 Å². The molecule has 0 bridgehead atoms. The minimum Gasteiger partial charge on any atom is -0.444 e. The van der Waals surface area contributed by atoms with Crippen LogP contribution in [-0.4, -0.2) is 69.8 Å². The lowest BCUT2D eigenvalue weighted by Crippen LogP contribution is -2.44. The number of carbonyl (C=O) groups excluding carboxylic acids is 1. The molecule has 0 saturated carbocycles. The highest BCUT2D eigenvalue weighted by atomic mass is 35.5. The first-order chi connectivity index (χ1) is 45.2. The smallest absolute Gasteiger partial charge is 0.416 e. The van der Waals surface area contributed by atoms with E-state index in [9.17, 15) is 36.7 Å². The summed E-state index contributed by atoms with van der Waals surface area (Å²) in [5.74, 6) is -0.397. The van der Waals surface area contributed by atoms with Crippen LogP contribution >= 0.6 is 12.4 Å². The average molecular weight is 1360 g/mol. The minimum atomic E-state index is -4.62. The van der Waals surface area contributed by atoms with Gasteiger partial charge >= 0.3 is 12.3 Å². The van der Waals surface area contributed by atoms with Crippen molar-refractivity contribution in [3.8, 4) is 0 Å². The number of anilines is 3. The van der Waals surface area contributed by atoms with E-state index in [-0.39, 0.29) is 100 Å². The summed E-state index contributed by atoms with van der Waals surface area (Å²) in [6, 6.07) is 59.6. The van der Waals surface area contributed by atoms with Crippen LogP contribution < -0.4 is 39.2 Å².